The monoisotopic (exact) mass is 295 g/mol. The van der Waals surface area contributed by atoms with Crippen LogP contribution in [0.1, 0.15) is 23.6 Å². The van der Waals surface area contributed by atoms with Crippen molar-refractivity contribution in [1.29, 1.82) is 0 Å². The van der Waals surface area contributed by atoms with Gasteiger partial charge in [0.1, 0.15) is 17.2 Å². The van der Waals surface area contributed by atoms with E-state index in [9.17, 15) is 0 Å². The van der Waals surface area contributed by atoms with Crippen LogP contribution in [0.2, 0.25) is 5.02 Å². The van der Waals surface area contributed by atoms with E-state index in [1.807, 2.05) is 25.1 Å². The molecule has 1 aromatic heterocycles. The molecule has 0 aliphatic heterocycles. The summed E-state index contributed by atoms with van der Waals surface area (Å²) in [7, 11) is 0. The summed E-state index contributed by atoms with van der Waals surface area (Å²) in [5.41, 5.74) is 1.92. The fourth-order valence-corrected chi connectivity index (χ4v) is 2.30. The number of benzene rings is 1. The Labute approximate surface area is 123 Å². The molecule has 1 heterocycles. The number of alkyl halides is 1. The summed E-state index contributed by atoms with van der Waals surface area (Å²) in [4.78, 5) is 8.23. The van der Waals surface area contributed by atoms with E-state index in [2.05, 4.69) is 27.4 Å². The Morgan fingerprint density at radius 2 is 1.95 bits per heavy atom. The van der Waals surface area contributed by atoms with Crippen LogP contribution in [0, 0.1) is 0 Å². The second-order valence-corrected chi connectivity index (χ2v) is 5.23. The summed E-state index contributed by atoms with van der Waals surface area (Å²) in [6.45, 7) is 2.60. The number of hydrogen-bond acceptors (Lipinski definition) is 3. The third-order valence-corrected chi connectivity index (χ3v) is 3.32. The average Bonchev–Trinajstić information content (AvgIpc) is 2.41. The van der Waals surface area contributed by atoms with Gasteiger partial charge in [-0.05, 0) is 18.9 Å². The highest BCUT2D eigenvalue weighted by Gasteiger charge is 2.12. The average molecular weight is 296 g/mol. The summed E-state index contributed by atoms with van der Waals surface area (Å²) < 4.78 is 0. The van der Waals surface area contributed by atoms with Crippen LogP contribution in [-0.4, -0.2) is 16.5 Å². The van der Waals surface area contributed by atoms with Gasteiger partial charge in [-0.1, -0.05) is 41.9 Å². The zero-order valence-corrected chi connectivity index (χ0v) is 12.1. The van der Waals surface area contributed by atoms with E-state index < -0.39 is 0 Å². The minimum atomic E-state index is -0.231. The van der Waals surface area contributed by atoms with Crippen molar-refractivity contribution < 1.29 is 0 Å². The SMILES string of the molecule is CC(Cl)c1ncnc(NCCc2ccccc2)c1Cl. The molecule has 0 fully saturated rings. The van der Waals surface area contributed by atoms with E-state index in [1.165, 1.54) is 11.9 Å². The number of hydrogen-bond donors (Lipinski definition) is 1. The Hall–Kier alpha value is -1.32. The van der Waals surface area contributed by atoms with Crippen molar-refractivity contribution in [3.05, 3.63) is 52.9 Å². The molecule has 0 aliphatic carbocycles. The second-order valence-electron chi connectivity index (χ2n) is 4.20. The standard InChI is InChI=1S/C14H15Cl2N3/c1-10(15)13-12(16)14(19-9-18-13)17-8-7-11-5-3-2-4-6-11/h2-6,9-10H,7-8H2,1H3,(H,17,18,19). The molecule has 0 saturated heterocycles. The third-order valence-electron chi connectivity index (χ3n) is 2.74. The lowest BCUT2D eigenvalue weighted by Gasteiger charge is -2.11. The molecule has 2 rings (SSSR count). The van der Waals surface area contributed by atoms with Crippen molar-refractivity contribution in [2.24, 2.45) is 0 Å². The van der Waals surface area contributed by atoms with Crippen molar-refractivity contribution in [3.8, 4) is 0 Å². The maximum absolute atomic E-state index is 6.21. The first kappa shape index (κ1) is 14.1. The lowest BCUT2D eigenvalue weighted by atomic mass is 10.1. The number of nitrogens with one attached hydrogen (secondary N) is 1. The summed E-state index contributed by atoms with van der Waals surface area (Å²) in [6.07, 6.45) is 2.39. The molecular formula is C14H15Cl2N3. The van der Waals surface area contributed by atoms with E-state index in [-0.39, 0.29) is 5.38 Å². The highest BCUT2D eigenvalue weighted by molar-refractivity contribution is 6.34. The van der Waals surface area contributed by atoms with Crippen LogP contribution in [0.15, 0.2) is 36.7 Å². The molecular weight excluding hydrogens is 281 g/mol. The molecule has 3 nitrogen and oxygen atoms in total. The Bertz CT molecular complexity index is 529. The summed E-state index contributed by atoms with van der Waals surface area (Å²) >= 11 is 12.2. The predicted octanol–water partition coefficient (Wildman–Crippen LogP) is 4.08. The van der Waals surface area contributed by atoms with Gasteiger partial charge in [-0.25, -0.2) is 9.97 Å². The van der Waals surface area contributed by atoms with Crippen LogP contribution in [0.25, 0.3) is 0 Å². The van der Waals surface area contributed by atoms with E-state index in [4.69, 9.17) is 23.2 Å². The van der Waals surface area contributed by atoms with Crippen molar-refractivity contribution >= 4 is 29.0 Å². The molecule has 5 heteroatoms. The lowest BCUT2D eigenvalue weighted by molar-refractivity contribution is 0.950. The van der Waals surface area contributed by atoms with Gasteiger partial charge in [-0.3, -0.25) is 0 Å². The molecule has 0 amide bonds. The Balaban J connectivity index is 1.98. The summed E-state index contributed by atoms with van der Waals surface area (Å²) in [5, 5.41) is 3.48. The van der Waals surface area contributed by atoms with Crippen molar-refractivity contribution in [1.82, 2.24) is 9.97 Å². The van der Waals surface area contributed by atoms with Crippen LogP contribution in [0.5, 0.6) is 0 Å². The van der Waals surface area contributed by atoms with Crippen LogP contribution < -0.4 is 5.32 Å². The van der Waals surface area contributed by atoms with E-state index >= 15 is 0 Å². The van der Waals surface area contributed by atoms with Gasteiger partial charge >= 0.3 is 0 Å². The summed E-state index contributed by atoms with van der Waals surface area (Å²) in [6, 6.07) is 10.2. The molecule has 0 radical (unpaired) electrons. The smallest absolute Gasteiger partial charge is 0.148 e. The van der Waals surface area contributed by atoms with Gasteiger partial charge < -0.3 is 5.32 Å². The topological polar surface area (TPSA) is 37.8 Å². The quantitative estimate of drug-likeness (QED) is 0.845. The maximum atomic E-state index is 6.21. The van der Waals surface area contributed by atoms with Gasteiger partial charge in [-0.2, -0.15) is 0 Å². The number of anilines is 1. The predicted molar refractivity (Wildman–Crippen MR) is 79.9 cm³/mol. The molecule has 1 aromatic carbocycles. The lowest BCUT2D eigenvalue weighted by Crippen LogP contribution is -2.08. The molecule has 0 aliphatic rings. The van der Waals surface area contributed by atoms with Crippen LogP contribution >= 0.6 is 23.2 Å². The van der Waals surface area contributed by atoms with Gasteiger partial charge in [-0.15, -0.1) is 11.6 Å². The van der Waals surface area contributed by atoms with Gasteiger partial charge in [0.25, 0.3) is 0 Å². The minimum absolute atomic E-state index is 0.231. The Morgan fingerprint density at radius 3 is 2.63 bits per heavy atom. The molecule has 0 saturated carbocycles. The molecule has 0 spiro atoms. The largest absolute Gasteiger partial charge is 0.368 e. The molecule has 19 heavy (non-hydrogen) atoms. The first-order chi connectivity index (χ1) is 9.18. The minimum Gasteiger partial charge on any atom is -0.368 e. The highest BCUT2D eigenvalue weighted by atomic mass is 35.5. The van der Waals surface area contributed by atoms with Gasteiger partial charge in [0.2, 0.25) is 0 Å². The molecule has 2 aromatic rings. The fourth-order valence-electron chi connectivity index (χ4n) is 1.75. The normalized spacial score (nSPS) is 12.2. The molecule has 1 atom stereocenters. The zero-order valence-electron chi connectivity index (χ0n) is 10.6. The fraction of sp³-hybridized carbons (Fsp3) is 0.286. The van der Waals surface area contributed by atoms with Gasteiger partial charge in [0, 0.05) is 6.54 Å². The number of nitrogens with zero attached hydrogens (tertiary/aromatic N) is 2. The van der Waals surface area contributed by atoms with E-state index in [0.29, 0.717) is 16.5 Å². The maximum Gasteiger partial charge on any atom is 0.148 e. The highest BCUT2D eigenvalue weighted by Crippen LogP contribution is 2.29. The number of aromatic nitrogens is 2. The second kappa shape index (κ2) is 6.73. The van der Waals surface area contributed by atoms with Gasteiger partial charge in [0.15, 0.2) is 0 Å². The first-order valence-corrected chi connectivity index (χ1v) is 6.92. The van der Waals surface area contributed by atoms with Gasteiger partial charge in [0.05, 0.1) is 11.1 Å². The first-order valence-electron chi connectivity index (χ1n) is 6.10. The van der Waals surface area contributed by atoms with Crippen LogP contribution in [-0.2, 0) is 6.42 Å². The van der Waals surface area contributed by atoms with Crippen molar-refractivity contribution in [2.75, 3.05) is 11.9 Å². The Morgan fingerprint density at radius 1 is 1.21 bits per heavy atom. The van der Waals surface area contributed by atoms with Crippen molar-refractivity contribution in [2.45, 2.75) is 18.7 Å². The Kier molecular flexibility index (Phi) is 5.00. The molecule has 1 unspecified atom stereocenters. The summed E-state index contributed by atoms with van der Waals surface area (Å²) in [5.74, 6) is 0.634. The van der Waals surface area contributed by atoms with Crippen LogP contribution in [0.3, 0.4) is 0 Å². The van der Waals surface area contributed by atoms with Crippen molar-refractivity contribution in [3.63, 3.8) is 0 Å². The molecule has 1 N–H and O–H groups in total. The number of halogens is 2. The van der Waals surface area contributed by atoms with E-state index in [1.54, 1.807) is 0 Å². The van der Waals surface area contributed by atoms with E-state index in [0.717, 1.165) is 13.0 Å². The molecule has 100 valence electrons. The number of rotatable bonds is 5. The van der Waals surface area contributed by atoms with Crippen LogP contribution in [0.4, 0.5) is 5.82 Å². The molecule has 0 bridgehead atoms. The third kappa shape index (κ3) is 3.82. The zero-order chi connectivity index (χ0) is 13.7.